The molecule has 0 saturated heterocycles. The molecule has 0 heterocycles. The van der Waals surface area contributed by atoms with Crippen LogP contribution in [0, 0.1) is 0 Å². The maximum absolute atomic E-state index is 11.5. The summed E-state index contributed by atoms with van der Waals surface area (Å²) in [5.41, 5.74) is 0. The fourth-order valence-corrected chi connectivity index (χ4v) is 1.54. The average Bonchev–Trinajstić information content (AvgIpc) is 2.44. The zero-order chi connectivity index (χ0) is 14.1. The maximum Gasteiger partial charge on any atom is 0.258 e. The Labute approximate surface area is 113 Å². The largest absolute Gasteiger partial charge is 0.497 e. The van der Waals surface area contributed by atoms with Crippen LogP contribution in [0.25, 0.3) is 0 Å². The lowest BCUT2D eigenvalue weighted by molar-refractivity contribution is -0.123. The van der Waals surface area contributed by atoms with Crippen molar-refractivity contribution < 1.29 is 19.4 Å². The molecule has 1 aromatic rings. The number of carbonyl (C=O) groups is 1. The van der Waals surface area contributed by atoms with Crippen LogP contribution in [0.1, 0.15) is 19.8 Å². The Morgan fingerprint density at radius 1 is 1.32 bits per heavy atom. The number of aliphatic hydroxyl groups excluding tert-OH is 1. The summed E-state index contributed by atoms with van der Waals surface area (Å²) in [7, 11) is 1.59. The van der Waals surface area contributed by atoms with Gasteiger partial charge in [-0.3, -0.25) is 4.79 Å². The van der Waals surface area contributed by atoms with Gasteiger partial charge >= 0.3 is 0 Å². The Morgan fingerprint density at radius 2 is 1.95 bits per heavy atom. The fraction of sp³-hybridized carbons (Fsp3) is 0.500. The van der Waals surface area contributed by atoms with E-state index >= 15 is 0 Å². The Morgan fingerprint density at radius 3 is 2.53 bits per heavy atom. The zero-order valence-corrected chi connectivity index (χ0v) is 11.4. The number of rotatable bonds is 8. The lowest BCUT2D eigenvalue weighted by Gasteiger charge is -2.11. The van der Waals surface area contributed by atoms with Crippen LogP contribution in [0.5, 0.6) is 11.5 Å². The van der Waals surface area contributed by atoms with Gasteiger partial charge in [0.2, 0.25) is 0 Å². The van der Waals surface area contributed by atoms with E-state index < -0.39 is 6.10 Å². The van der Waals surface area contributed by atoms with Crippen LogP contribution in [-0.2, 0) is 4.79 Å². The van der Waals surface area contributed by atoms with Crippen molar-refractivity contribution in [2.75, 3.05) is 20.3 Å². The molecule has 1 rings (SSSR count). The van der Waals surface area contributed by atoms with E-state index in [1.807, 2.05) is 6.92 Å². The minimum atomic E-state index is -0.491. The molecule has 0 bridgehead atoms. The highest BCUT2D eigenvalue weighted by atomic mass is 16.5. The second-order valence-electron chi connectivity index (χ2n) is 4.21. The molecule has 0 aromatic heterocycles. The predicted octanol–water partition coefficient (Wildman–Crippen LogP) is 1.35. The minimum Gasteiger partial charge on any atom is -0.497 e. The van der Waals surface area contributed by atoms with Crippen molar-refractivity contribution in [1.82, 2.24) is 5.32 Å². The van der Waals surface area contributed by atoms with Crippen LogP contribution in [-0.4, -0.2) is 37.4 Å². The Bertz CT molecular complexity index is 378. The van der Waals surface area contributed by atoms with E-state index in [1.165, 1.54) is 0 Å². The van der Waals surface area contributed by atoms with Crippen molar-refractivity contribution in [2.24, 2.45) is 0 Å². The van der Waals surface area contributed by atoms with E-state index in [9.17, 15) is 9.90 Å². The first-order chi connectivity index (χ1) is 9.15. The minimum absolute atomic E-state index is 0.0643. The number of hydrogen-bond donors (Lipinski definition) is 2. The molecule has 19 heavy (non-hydrogen) atoms. The first-order valence-electron chi connectivity index (χ1n) is 6.37. The monoisotopic (exact) mass is 267 g/mol. The molecule has 0 fully saturated rings. The molecule has 106 valence electrons. The third-order valence-electron chi connectivity index (χ3n) is 2.59. The Hall–Kier alpha value is -1.75. The van der Waals surface area contributed by atoms with Gasteiger partial charge in [0.05, 0.1) is 13.2 Å². The molecule has 0 radical (unpaired) electrons. The predicted molar refractivity (Wildman–Crippen MR) is 72.4 cm³/mol. The number of benzene rings is 1. The summed E-state index contributed by atoms with van der Waals surface area (Å²) in [6.45, 7) is 2.18. The number of methoxy groups -OCH3 is 1. The van der Waals surface area contributed by atoms with Crippen LogP contribution < -0.4 is 14.8 Å². The molecule has 5 heteroatoms. The van der Waals surface area contributed by atoms with Gasteiger partial charge in [-0.05, 0) is 30.7 Å². The third kappa shape index (κ3) is 6.10. The first kappa shape index (κ1) is 15.3. The topological polar surface area (TPSA) is 67.8 Å². The van der Waals surface area contributed by atoms with Gasteiger partial charge in [0.25, 0.3) is 5.91 Å². The number of nitrogens with one attached hydrogen (secondary N) is 1. The van der Waals surface area contributed by atoms with Crippen molar-refractivity contribution in [3.63, 3.8) is 0 Å². The molecule has 2 N–H and O–H groups in total. The van der Waals surface area contributed by atoms with Crippen LogP contribution in [0.2, 0.25) is 0 Å². The quantitative estimate of drug-likeness (QED) is 0.746. The Kier molecular flexibility index (Phi) is 6.74. The highest BCUT2D eigenvalue weighted by molar-refractivity contribution is 5.77. The summed E-state index contributed by atoms with van der Waals surface area (Å²) in [6.07, 6.45) is 1.08. The highest BCUT2D eigenvalue weighted by Gasteiger charge is 2.06. The molecule has 1 aromatic carbocycles. The van der Waals surface area contributed by atoms with Gasteiger partial charge in [-0.2, -0.15) is 0 Å². The van der Waals surface area contributed by atoms with Crippen LogP contribution in [0.15, 0.2) is 24.3 Å². The number of ether oxygens (including phenoxy) is 2. The molecule has 1 unspecified atom stereocenters. The number of amides is 1. The van der Waals surface area contributed by atoms with Gasteiger partial charge in [-0.25, -0.2) is 0 Å². The number of carbonyl (C=O) groups excluding carboxylic acids is 1. The summed E-state index contributed by atoms with van der Waals surface area (Å²) in [5.74, 6) is 1.09. The lowest BCUT2D eigenvalue weighted by atomic mass is 10.2. The van der Waals surface area contributed by atoms with Gasteiger partial charge in [0, 0.05) is 6.54 Å². The molecular weight excluding hydrogens is 246 g/mol. The first-order valence-corrected chi connectivity index (χ1v) is 6.37. The Balaban J connectivity index is 2.25. The van der Waals surface area contributed by atoms with E-state index in [4.69, 9.17) is 9.47 Å². The van der Waals surface area contributed by atoms with E-state index in [1.54, 1.807) is 31.4 Å². The number of hydrogen-bond acceptors (Lipinski definition) is 4. The molecular formula is C14H21NO4. The van der Waals surface area contributed by atoms with Crippen molar-refractivity contribution in [1.29, 1.82) is 0 Å². The molecule has 5 nitrogen and oxygen atoms in total. The van der Waals surface area contributed by atoms with Gasteiger partial charge in [-0.1, -0.05) is 13.3 Å². The van der Waals surface area contributed by atoms with Crippen molar-refractivity contribution in [3.05, 3.63) is 24.3 Å². The third-order valence-corrected chi connectivity index (χ3v) is 2.59. The maximum atomic E-state index is 11.5. The van der Waals surface area contributed by atoms with Gasteiger partial charge in [0.15, 0.2) is 6.61 Å². The summed E-state index contributed by atoms with van der Waals surface area (Å²) >= 11 is 0. The molecule has 0 aliphatic rings. The summed E-state index contributed by atoms with van der Waals surface area (Å²) in [4.78, 5) is 11.5. The molecule has 0 spiro atoms. The van der Waals surface area contributed by atoms with Crippen molar-refractivity contribution in [2.45, 2.75) is 25.9 Å². The normalized spacial score (nSPS) is 11.7. The fourth-order valence-electron chi connectivity index (χ4n) is 1.54. The van der Waals surface area contributed by atoms with Crippen molar-refractivity contribution in [3.8, 4) is 11.5 Å². The van der Waals surface area contributed by atoms with Gasteiger partial charge < -0.3 is 19.9 Å². The summed E-state index contributed by atoms with van der Waals surface area (Å²) in [5, 5.41) is 12.1. The second-order valence-corrected chi connectivity index (χ2v) is 4.21. The van der Waals surface area contributed by atoms with E-state index in [-0.39, 0.29) is 19.1 Å². The van der Waals surface area contributed by atoms with Crippen LogP contribution >= 0.6 is 0 Å². The highest BCUT2D eigenvalue weighted by Crippen LogP contribution is 2.16. The smallest absolute Gasteiger partial charge is 0.258 e. The lowest BCUT2D eigenvalue weighted by Crippen LogP contribution is -2.35. The molecule has 0 aliphatic carbocycles. The molecule has 0 saturated carbocycles. The van der Waals surface area contributed by atoms with E-state index in [0.717, 1.165) is 12.2 Å². The van der Waals surface area contributed by atoms with E-state index in [2.05, 4.69) is 5.32 Å². The van der Waals surface area contributed by atoms with Crippen LogP contribution in [0.3, 0.4) is 0 Å². The van der Waals surface area contributed by atoms with E-state index in [0.29, 0.717) is 12.2 Å². The van der Waals surface area contributed by atoms with Crippen LogP contribution in [0.4, 0.5) is 0 Å². The summed E-state index contributed by atoms with van der Waals surface area (Å²) in [6, 6.07) is 6.99. The SMILES string of the molecule is CCCC(O)CNC(=O)COc1ccc(OC)cc1. The molecule has 0 aliphatic heterocycles. The van der Waals surface area contributed by atoms with Gasteiger partial charge in [-0.15, -0.1) is 0 Å². The number of aliphatic hydroxyl groups is 1. The standard InChI is InChI=1S/C14H21NO4/c1-3-4-11(16)9-15-14(17)10-19-13-7-5-12(18-2)6-8-13/h5-8,11,16H,3-4,9-10H2,1-2H3,(H,15,17). The average molecular weight is 267 g/mol. The zero-order valence-electron chi connectivity index (χ0n) is 11.4. The molecule has 1 atom stereocenters. The summed E-state index contributed by atoms with van der Waals surface area (Å²) < 4.78 is 10.3. The van der Waals surface area contributed by atoms with Gasteiger partial charge in [0.1, 0.15) is 11.5 Å². The second kappa shape index (κ2) is 8.37. The molecule has 1 amide bonds. The van der Waals surface area contributed by atoms with Crippen molar-refractivity contribution >= 4 is 5.91 Å².